The average molecular weight is 293 g/mol. The van der Waals surface area contributed by atoms with Crippen molar-refractivity contribution in [2.75, 3.05) is 14.1 Å². The predicted octanol–water partition coefficient (Wildman–Crippen LogP) is 3.69. The smallest absolute Gasteiger partial charge is 0.123 e. The Kier molecular flexibility index (Phi) is 5.39. The highest BCUT2D eigenvalue weighted by molar-refractivity contribution is 5.27. The molecule has 2 rings (SSSR count). The number of aliphatic hydroxyl groups excluding tert-OH is 1. The van der Waals surface area contributed by atoms with E-state index in [-0.39, 0.29) is 11.4 Å². The van der Waals surface area contributed by atoms with E-state index in [0.717, 1.165) is 36.8 Å². The molecule has 1 aliphatic carbocycles. The van der Waals surface area contributed by atoms with Crippen LogP contribution in [0.3, 0.4) is 0 Å². The second-order valence-corrected chi connectivity index (χ2v) is 6.70. The van der Waals surface area contributed by atoms with Crippen LogP contribution in [0, 0.1) is 12.7 Å². The number of nitrogens with zero attached hydrogens (tertiary/aromatic N) is 1. The molecule has 0 aromatic heterocycles. The highest BCUT2D eigenvalue weighted by Crippen LogP contribution is 2.35. The van der Waals surface area contributed by atoms with Gasteiger partial charge in [-0.3, -0.25) is 0 Å². The summed E-state index contributed by atoms with van der Waals surface area (Å²) < 4.78 is 13.5. The SMILES string of the molecule is Cc1ccc(F)cc1CC(O)C1(N(C)C)CCCCCC1. The monoisotopic (exact) mass is 293 g/mol. The van der Waals surface area contributed by atoms with E-state index in [9.17, 15) is 9.50 Å². The van der Waals surface area contributed by atoms with Crippen LogP contribution in [0.5, 0.6) is 0 Å². The molecule has 1 unspecified atom stereocenters. The van der Waals surface area contributed by atoms with Gasteiger partial charge in [-0.1, -0.05) is 31.7 Å². The molecule has 0 aliphatic heterocycles. The zero-order chi connectivity index (χ0) is 15.5. The lowest BCUT2D eigenvalue weighted by atomic mass is 9.80. The Morgan fingerprint density at radius 3 is 2.38 bits per heavy atom. The molecule has 1 atom stereocenters. The van der Waals surface area contributed by atoms with Gasteiger partial charge in [0.15, 0.2) is 0 Å². The van der Waals surface area contributed by atoms with Gasteiger partial charge >= 0.3 is 0 Å². The number of rotatable bonds is 4. The van der Waals surface area contributed by atoms with Crippen molar-refractivity contribution < 1.29 is 9.50 Å². The minimum absolute atomic E-state index is 0.171. The molecular weight excluding hydrogens is 265 g/mol. The summed E-state index contributed by atoms with van der Waals surface area (Å²) in [6.45, 7) is 1.98. The molecule has 1 N–H and O–H groups in total. The molecular formula is C18H28FNO. The molecule has 1 saturated carbocycles. The van der Waals surface area contributed by atoms with Crippen molar-refractivity contribution in [3.8, 4) is 0 Å². The van der Waals surface area contributed by atoms with Crippen LogP contribution in [0.15, 0.2) is 18.2 Å². The Labute approximate surface area is 128 Å². The number of aliphatic hydroxyl groups is 1. The molecule has 0 bridgehead atoms. The zero-order valence-corrected chi connectivity index (χ0v) is 13.5. The van der Waals surface area contributed by atoms with Gasteiger partial charge in [-0.2, -0.15) is 0 Å². The van der Waals surface area contributed by atoms with Crippen molar-refractivity contribution in [2.45, 2.75) is 63.5 Å². The number of benzene rings is 1. The van der Waals surface area contributed by atoms with Crippen molar-refractivity contribution in [3.63, 3.8) is 0 Å². The molecule has 1 fully saturated rings. The second-order valence-electron chi connectivity index (χ2n) is 6.70. The summed E-state index contributed by atoms with van der Waals surface area (Å²) in [6.07, 6.45) is 6.95. The van der Waals surface area contributed by atoms with E-state index in [1.54, 1.807) is 12.1 Å². The molecule has 0 heterocycles. The summed E-state index contributed by atoms with van der Waals surface area (Å²) in [6, 6.07) is 4.85. The minimum Gasteiger partial charge on any atom is -0.391 e. The Morgan fingerprint density at radius 1 is 1.19 bits per heavy atom. The molecule has 0 amide bonds. The fraction of sp³-hybridized carbons (Fsp3) is 0.667. The van der Waals surface area contributed by atoms with E-state index in [1.807, 2.05) is 6.92 Å². The van der Waals surface area contributed by atoms with Crippen LogP contribution in [-0.2, 0) is 6.42 Å². The molecule has 0 spiro atoms. The first-order valence-electron chi connectivity index (χ1n) is 8.06. The van der Waals surface area contributed by atoms with Crippen LogP contribution in [0.1, 0.15) is 49.7 Å². The van der Waals surface area contributed by atoms with E-state index < -0.39 is 6.10 Å². The van der Waals surface area contributed by atoms with E-state index in [2.05, 4.69) is 19.0 Å². The van der Waals surface area contributed by atoms with Gasteiger partial charge in [0.2, 0.25) is 0 Å². The third kappa shape index (κ3) is 3.64. The van der Waals surface area contributed by atoms with Crippen molar-refractivity contribution in [1.82, 2.24) is 4.90 Å². The van der Waals surface area contributed by atoms with Gasteiger partial charge in [0.1, 0.15) is 5.82 Å². The fourth-order valence-corrected chi connectivity index (χ4v) is 3.68. The van der Waals surface area contributed by atoms with Gasteiger partial charge in [0.05, 0.1) is 6.10 Å². The highest BCUT2D eigenvalue weighted by atomic mass is 19.1. The Balaban J connectivity index is 2.22. The molecule has 0 radical (unpaired) electrons. The van der Waals surface area contributed by atoms with Gasteiger partial charge in [-0.15, -0.1) is 0 Å². The van der Waals surface area contributed by atoms with Crippen molar-refractivity contribution >= 4 is 0 Å². The van der Waals surface area contributed by atoms with Crippen LogP contribution < -0.4 is 0 Å². The Hall–Kier alpha value is -0.930. The van der Waals surface area contributed by atoms with E-state index >= 15 is 0 Å². The second kappa shape index (κ2) is 6.89. The number of halogens is 1. The maximum absolute atomic E-state index is 13.5. The van der Waals surface area contributed by atoms with Crippen molar-refractivity contribution in [2.24, 2.45) is 0 Å². The normalized spacial score (nSPS) is 20.3. The van der Waals surface area contributed by atoms with Gasteiger partial charge in [-0.25, -0.2) is 4.39 Å². The molecule has 1 aromatic carbocycles. The Morgan fingerprint density at radius 2 is 1.81 bits per heavy atom. The van der Waals surface area contributed by atoms with Crippen LogP contribution in [0.25, 0.3) is 0 Å². The number of likely N-dealkylation sites (N-methyl/N-ethyl adjacent to an activating group) is 1. The fourth-order valence-electron chi connectivity index (χ4n) is 3.68. The largest absolute Gasteiger partial charge is 0.391 e. The summed E-state index contributed by atoms with van der Waals surface area (Å²) >= 11 is 0. The van der Waals surface area contributed by atoms with Crippen molar-refractivity contribution in [1.29, 1.82) is 0 Å². The summed E-state index contributed by atoms with van der Waals surface area (Å²) in [4.78, 5) is 2.19. The maximum Gasteiger partial charge on any atom is 0.123 e. The summed E-state index contributed by atoms with van der Waals surface area (Å²) in [5.41, 5.74) is 1.81. The first kappa shape index (κ1) is 16.4. The van der Waals surface area contributed by atoms with E-state index in [1.165, 1.54) is 18.9 Å². The molecule has 118 valence electrons. The average Bonchev–Trinajstić information content (AvgIpc) is 2.69. The van der Waals surface area contributed by atoms with E-state index in [0.29, 0.717) is 6.42 Å². The first-order valence-corrected chi connectivity index (χ1v) is 8.06. The van der Waals surface area contributed by atoms with Crippen LogP contribution >= 0.6 is 0 Å². The third-order valence-electron chi connectivity index (χ3n) is 5.20. The third-order valence-corrected chi connectivity index (χ3v) is 5.20. The maximum atomic E-state index is 13.5. The highest BCUT2D eigenvalue weighted by Gasteiger charge is 2.40. The molecule has 1 aromatic rings. The molecule has 1 aliphatic rings. The number of aryl methyl sites for hydroxylation is 1. The van der Waals surface area contributed by atoms with Gasteiger partial charge in [0, 0.05) is 12.0 Å². The lowest BCUT2D eigenvalue weighted by molar-refractivity contribution is -0.0175. The van der Waals surface area contributed by atoms with Crippen LogP contribution in [0.2, 0.25) is 0 Å². The predicted molar refractivity (Wildman–Crippen MR) is 85.0 cm³/mol. The first-order chi connectivity index (χ1) is 9.95. The molecule has 3 heteroatoms. The summed E-state index contributed by atoms with van der Waals surface area (Å²) in [5, 5.41) is 10.9. The van der Waals surface area contributed by atoms with Gasteiger partial charge in [0.25, 0.3) is 0 Å². The molecule has 2 nitrogen and oxygen atoms in total. The molecule has 0 saturated heterocycles. The van der Waals surface area contributed by atoms with Crippen LogP contribution in [-0.4, -0.2) is 35.7 Å². The van der Waals surface area contributed by atoms with Crippen molar-refractivity contribution in [3.05, 3.63) is 35.1 Å². The van der Waals surface area contributed by atoms with Gasteiger partial charge in [-0.05, 0) is 57.1 Å². The lowest BCUT2D eigenvalue weighted by Crippen LogP contribution is -2.54. The Bertz CT molecular complexity index is 464. The summed E-state index contributed by atoms with van der Waals surface area (Å²) in [7, 11) is 4.12. The number of hydrogen-bond acceptors (Lipinski definition) is 2. The number of hydrogen-bond donors (Lipinski definition) is 1. The van der Waals surface area contributed by atoms with Crippen LogP contribution in [0.4, 0.5) is 4.39 Å². The zero-order valence-electron chi connectivity index (χ0n) is 13.5. The van der Waals surface area contributed by atoms with Gasteiger partial charge < -0.3 is 10.0 Å². The van der Waals surface area contributed by atoms with E-state index in [4.69, 9.17) is 0 Å². The molecule has 21 heavy (non-hydrogen) atoms. The summed E-state index contributed by atoms with van der Waals surface area (Å²) in [5.74, 6) is -0.220. The topological polar surface area (TPSA) is 23.5 Å². The quantitative estimate of drug-likeness (QED) is 0.856. The minimum atomic E-state index is -0.453. The standard InChI is InChI=1S/C18H28FNO/c1-14-8-9-16(19)12-15(14)13-17(21)18(20(2)3)10-6-4-5-7-11-18/h8-9,12,17,21H,4-7,10-11,13H2,1-3H3. The lowest BCUT2D eigenvalue weighted by Gasteiger charge is -2.43.